The number of nitrogens with one attached hydrogen (secondary N) is 1. The van der Waals surface area contributed by atoms with E-state index in [-0.39, 0.29) is 17.3 Å². The first kappa shape index (κ1) is 14.4. The summed E-state index contributed by atoms with van der Waals surface area (Å²) in [4.78, 5) is 21.9. The lowest BCUT2D eigenvalue weighted by atomic mass is 10.2. The number of nitrogens with zero attached hydrogens (tertiary/aromatic N) is 1. The number of hydrogen-bond donors (Lipinski definition) is 1. The van der Waals surface area contributed by atoms with Gasteiger partial charge in [0.25, 0.3) is 5.69 Å². The average Bonchev–Trinajstić information content (AvgIpc) is 2.27. The molecule has 0 saturated carbocycles. The van der Waals surface area contributed by atoms with Crippen LogP contribution in [0.5, 0.6) is 5.75 Å². The summed E-state index contributed by atoms with van der Waals surface area (Å²) in [6.07, 6.45) is 0. The molecule has 1 N–H and O–H groups in total. The van der Waals surface area contributed by atoms with Crippen molar-refractivity contribution in [1.82, 2.24) is 0 Å². The summed E-state index contributed by atoms with van der Waals surface area (Å²) in [5, 5.41) is 13.3. The Morgan fingerprint density at radius 1 is 1.50 bits per heavy atom. The van der Waals surface area contributed by atoms with Crippen molar-refractivity contribution in [3.05, 3.63) is 28.3 Å². The van der Waals surface area contributed by atoms with Crippen molar-refractivity contribution >= 4 is 33.2 Å². The largest absolute Gasteiger partial charge is 0.495 e. The highest BCUT2D eigenvalue weighted by molar-refractivity contribution is 9.10. The molecule has 0 aliphatic carbocycles. The number of nitro groups is 1. The minimum absolute atomic E-state index is 0.113. The van der Waals surface area contributed by atoms with E-state index >= 15 is 0 Å². The van der Waals surface area contributed by atoms with Gasteiger partial charge in [0.15, 0.2) is 0 Å². The van der Waals surface area contributed by atoms with Crippen LogP contribution in [0, 0.1) is 10.1 Å². The maximum atomic E-state index is 11.8. The second kappa shape index (κ2) is 5.34. The van der Waals surface area contributed by atoms with Gasteiger partial charge in [-0.3, -0.25) is 14.9 Å². The number of hydrogen-bond acceptors (Lipinski definition) is 4. The molecule has 18 heavy (non-hydrogen) atoms. The molecule has 98 valence electrons. The zero-order valence-corrected chi connectivity index (χ0v) is 11.8. The lowest BCUT2D eigenvalue weighted by Gasteiger charge is -2.17. The zero-order chi connectivity index (χ0) is 13.9. The van der Waals surface area contributed by atoms with Crippen LogP contribution in [0.15, 0.2) is 18.2 Å². The van der Waals surface area contributed by atoms with E-state index in [0.717, 1.165) is 0 Å². The minimum Gasteiger partial charge on any atom is -0.495 e. The molecule has 0 bridgehead atoms. The predicted molar refractivity (Wildman–Crippen MR) is 71.3 cm³/mol. The molecule has 1 amide bonds. The first-order valence-corrected chi connectivity index (χ1v) is 5.88. The summed E-state index contributed by atoms with van der Waals surface area (Å²) in [6, 6.07) is 4.01. The molecule has 0 aliphatic rings. The molecule has 1 rings (SSSR count). The van der Waals surface area contributed by atoms with Crippen molar-refractivity contribution in [2.24, 2.45) is 0 Å². The van der Waals surface area contributed by atoms with Crippen molar-refractivity contribution < 1.29 is 14.5 Å². The molecule has 0 aliphatic heterocycles. The molecule has 0 aromatic heterocycles. The highest BCUT2D eigenvalue weighted by Crippen LogP contribution is 2.30. The number of benzene rings is 1. The van der Waals surface area contributed by atoms with Crippen molar-refractivity contribution in [2.75, 3.05) is 12.4 Å². The summed E-state index contributed by atoms with van der Waals surface area (Å²) in [5.41, 5.74) is 0.155. The van der Waals surface area contributed by atoms with Gasteiger partial charge in [0, 0.05) is 12.1 Å². The van der Waals surface area contributed by atoms with Crippen molar-refractivity contribution in [3.63, 3.8) is 0 Å². The normalized spacial score (nSPS) is 10.9. The standard InChI is InChI=1S/C11H13BrN2O4/c1-11(2,12)10(15)13-8-6-7(14(16)17)4-5-9(8)18-3/h4-6H,1-3H3,(H,13,15). The summed E-state index contributed by atoms with van der Waals surface area (Å²) in [6.45, 7) is 3.35. The van der Waals surface area contributed by atoms with E-state index in [4.69, 9.17) is 4.74 Å². The molecular formula is C11H13BrN2O4. The third-order valence-corrected chi connectivity index (χ3v) is 2.54. The number of anilines is 1. The number of methoxy groups -OCH3 is 1. The van der Waals surface area contributed by atoms with Gasteiger partial charge in [-0.05, 0) is 19.9 Å². The first-order valence-electron chi connectivity index (χ1n) is 5.08. The molecule has 0 radical (unpaired) electrons. The molecule has 0 fully saturated rings. The number of carbonyl (C=O) groups is 1. The zero-order valence-electron chi connectivity index (χ0n) is 10.2. The first-order chi connectivity index (χ1) is 8.25. The molecule has 0 atom stereocenters. The third-order valence-electron chi connectivity index (χ3n) is 2.18. The molecule has 1 aromatic rings. The van der Waals surface area contributed by atoms with Gasteiger partial charge in [-0.1, -0.05) is 15.9 Å². The molecule has 7 heteroatoms. The fourth-order valence-corrected chi connectivity index (χ4v) is 1.28. The number of nitro benzene ring substituents is 1. The molecule has 0 spiro atoms. The number of halogens is 1. The van der Waals surface area contributed by atoms with E-state index in [1.807, 2.05) is 0 Å². The Bertz CT molecular complexity index is 482. The van der Waals surface area contributed by atoms with E-state index in [0.29, 0.717) is 5.75 Å². The van der Waals surface area contributed by atoms with Crippen LogP contribution in [-0.2, 0) is 4.79 Å². The van der Waals surface area contributed by atoms with Crippen LogP contribution in [0.3, 0.4) is 0 Å². The number of ether oxygens (including phenoxy) is 1. The fourth-order valence-electron chi connectivity index (χ4n) is 1.18. The van der Waals surface area contributed by atoms with Gasteiger partial charge < -0.3 is 10.1 Å². The predicted octanol–water partition coefficient (Wildman–Crippen LogP) is 2.72. The van der Waals surface area contributed by atoms with Gasteiger partial charge in [-0.2, -0.15) is 0 Å². The lowest BCUT2D eigenvalue weighted by molar-refractivity contribution is -0.384. The monoisotopic (exact) mass is 316 g/mol. The second-order valence-corrected chi connectivity index (χ2v) is 6.05. The van der Waals surface area contributed by atoms with Gasteiger partial charge >= 0.3 is 0 Å². The Labute approximate surface area is 113 Å². The Hall–Kier alpha value is -1.63. The lowest BCUT2D eigenvalue weighted by Crippen LogP contribution is -2.31. The molecule has 0 unspecified atom stereocenters. The maximum Gasteiger partial charge on any atom is 0.271 e. The van der Waals surface area contributed by atoms with Crippen LogP contribution in [0.2, 0.25) is 0 Å². The van der Waals surface area contributed by atoms with Crippen molar-refractivity contribution in [1.29, 1.82) is 0 Å². The summed E-state index contributed by atoms with van der Waals surface area (Å²) < 4.78 is 4.27. The smallest absolute Gasteiger partial charge is 0.271 e. The minimum atomic E-state index is -0.775. The van der Waals surface area contributed by atoms with E-state index in [1.165, 1.54) is 25.3 Å². The highest BCUT2D eigenvalue weighted by atomic mass is 79.9. The maximum absolute atomic E-state index is 11.8. The van der Waals surface area contributed by atoms with Crippen LogP contribution in [0.1, 0.15) is 13.8 Å². The Morgan fingerprint density at radius 2 is 2.11 bits per heavy atom. The number of rotatable bonds is 4. The second-order valence-electron chi connectivity index (χ2n) is 4.07. The molecule has 6 nitrogen and oxygen atoms in total. The quantitative estimate of drug-likeness (QED) is 0.526. The van der Waals surface area contributed by atoms with E-state index < -0.39 is 9.25 Å². The van der Waals surface area contributed by atoms with Gasteiger partial charge in [-0.15, -0.1) is 0 Å². The summed E-state index contributed by atoms with van der Waals surface area (Å²) in [7, 11) is 1.43. The molecular weight excluding hydrogens is 304 g/mol. The SMILES string of the molecule is COc1ccc([N+](=O)[O-])cc1NC(=O)C(C)(C)Br. The van der Waals surface area contributed by atoms with Gasteiger partial charge in [-0.25, -0.2) is 0 Å². The summed E-state index contributed by atoms with van der Waals surface area (Å²) in [5.74, 6) is 0.0481. The third kappa shape index (κ3) is 3.43. The van der Waals surface area contributed by atoms with E-state index in [9.17, 15) is 14.9 Å². The van der Waals surface area contributed by atoms with Crippen molar-refractivity contribution in [2.45, 2.75) is 18.2 Å². The van der Waals surface area contributed by atoms with Crippen molar-refractivity contribution in [3.8, 4) is 5.75 Å². The topological polar surface area (TPSA) is 81.5 Å². The van der Waals surface area contributed by atoms with E-state index in [2.05, 4.69) is 21.2 Å². The van der Waals surface area contributed by atoms with Crippen LogP contribution in [0.25, 0.3) is 0 Å². The molecule has 0 saturated heterocycles. The van der Waals surface area contributed by atoms with Crippen LogP contribution in [-0.4, -0.2) is 22.3 Å². The number of alkyl halides is 1. The van der Waals surface area contributed by atoms with Crippen LogP contribution in [0.4, 0.5) is 11.4 Å². The van der Waals surface area contributed by atoms with Gasteiger partial charge in [0.1, 0.15) is 5.75 Å². The Morgan fingerprint density at radius 3 is 2.56 bits per heavy atom. The van der Waals surface area contributed by atoms with Gasteiger partial charge in [0.2, 0.25) is 5.91 Å². The fraction of sp³-hybridized carbons (Fsp3) is 0.364. The Kier molecular flexibility index (Phi) is 4.28. The number of carbonyl (C=O) groups excluding carboxylic acids is 1. The van der Waals surface area contributed by atoms with Crippen LogP contribution < -0.4 is 10.1 Å². The number of non-ortho nitro benzene ring substituents is 1. The van der Waals surface area contributed by atoms with E-state index in [1.54, 1.807) is 13.8 Å². The van der Waals surface area contributed by atoms with Crippen LogP contribution >= 0.6 is 15.9 Å². The molecule has 0 heterocycles. The Balaban J connectivity index is 3.09. The average molecular weight is 317 g/mol. The highest BCUT2D eigenvalue weighted by Gasteiger charge is 2.25. The summed E-state index contributed by atoms with van der Waals surface area (Å²) >= 11 is 3.21. The van der Waals surface area contributed by atoms with Gasteiger partial charge in [0.05, 0.1) is 22.0 Å². The number of amides is 1. The molecule has 1 aromatic carbocycles.